The molecule has 2 aromatic rings. The Kier molecular flexibility index (Phi) is 4.11. The fraction of sp³-hybridized carbons (Fsp3) is 0.200. The fourth-order valence-corrected chi connectivity index (χ4v) is 2.47. The minimum atomic E-state index is -0.892. The summed E-state index contributed by atoms with van der Waals surface area (Å²) in [7, 11) is 0. The molecule has 2 atom stereocenters. The highest BCUT2D eigenvalue weighted by Gasteiger charge is 2.45. The van der Waals surface area contributed by atoms with Crippen LogP contribution in [0.4, 0.5) is 0 Å². The maximum Gasteiger partial charge on any atom is 0.341 e. The molecule has 1 aliphatic heterocycles. The van der Waals surface area contributed by atoms with Gasteiger partial charge in [0.05, 0.1) is 0 Å². The number of hydrogen-bond acceptors (Lipinski definition) is 3. The molecule has 1 heterocycles. The maximum absolute atomic E-state index is 12.4. The van der Waals surface area contributed by atoms with Crippen LogP contribution in [0.15, 0.2) is 71.7 Å². The Morgan fingerprint density at radius 2 is 1.65 bits per heavy atom. The number of carbonyl (C=O) groups excluding carboxylic acids is 1. The molecule has 0 N–H and O–H groups in total. The highest BCUT2D eigenvalue weighted by molar-refractivity contribution is 6.08. The molecule has 23 heavy (non-hydrogen) atoms. The van der Waals surface area contributed by atoms with Gasteiger partial charge < -0.3 is 4.74 Å². The molecule has 0 saturated carbocycles. The molecule has 3 nitrogen and oxygen atoms in total. The maximum atomic E-state index is 12.4. The Hall–Kier alpha value is -2.68. The summed E-state index contributed by atoms with van der Waals surface area (Å²) >= 11 is 0. The van der Waals surface area contributed by atoms with E-state index in [1.165, 1.54) is 0 Å². The number of aliphatic imine (C=N–C) groups is 1. The average Bonchev–Trinajstić information content (AvgIpc) is 2.91. The predicted octanol–water partition coefficient (Wildman–Crippen LogP) is 4.10. The van der Waals surface area contributed by atoms with Crippen LogP contribution in [-0.4, -0.2) is 17.4 Å². The normalized spacial score (nSPS) is 22.0. The van der Waals surface area contributed by atoms with Crippen molar-refractivity contribution in [2.75, 3.05) is 0 Å². The van der Waals surface area contributed by atoms with Crippen LogP contribution in [0.25, 0.3) is 6.08 Å². The van der Waals surface area contributed by atoms with Gasteiger partial charge in [-0.15, -0.1) is 0 Å². The zero-order chi connectivity index (χ0) is 16.3. The summed E-state index contributed by atoms with van der Waals surface area (Å²) < 4.78 is 5.41. The van der Waals surface area contributed by atoms with Gasteiger partial charge in [-0.25, -0.2) is 9.79 Å². The Morgan fingerprint density at radius 3 is 2.30 bits per heavy atom. The Morgan fingerprint density at radius 1 is 1.04 bits per heavy atom. The fourth-order valence-electron chi connectivity index (χ4n) is 2.47. The first-order valence-corrected chi connectivity index (χ1v) is 7.70. The first kappa shape index (κ1) is 15.2. The number of benzene rings is 2. The number of carbonyl (C=O) groups is 1. The summed E-state index contributed by atoms with van der Waals surface area (Å²) in [6.07, 6.45) is 4.02. The van der Waals surface area contributed by atoms with Crippen LogP contribution in [0.1, 0.15) is 25.0 Å². The largest absolute Gasteiger partial charge is 0.405 e. The van der Waals surface area contributed by atoms with E-state index in [0.29, 0.717) is 5.90 Å². The number of ether oxygens (including phenoxy) is 1. The molecule has 0 aliphatic carbocycles. The Bertz CT molecular complexity index is 750. The summed E-state index contributed by atoms with van der Waals surface area (Å²) in [5, 5.41) is 0. The van der Waals surface area contributed by atoms with Crippen molar-refractivity contribution in [3.05, 3.63) is 77.9 Å². The van der Waals surface area contributed by atoms with Crippen molar-refractivity contribution in [2.24, 2.45) is 10.9 Å². The van der Waals surface area contributed by atoms with Gasteiger partial charge in [-0.05, 0) is 24.6 Å². The Balaban J connectivity index is 1.84. The van der Waals surface area contributed by atoms with Crippen molar-refractivity contribution in [3.63, 3.8) is 0 Å². The molecule has 1 aliphatic rings. The van der Waals surface area contributed by atoms with Gasteiger partial charge in [0.2, 0.25) is 5.90 Å². The van der Waals surface area contributed by atoms with E-state index >= 15 is 0 Å². The van der Waals surface area contributed by atoms with Crippen molar-refractivity contribution in [1.29, 1.82) is 0 Å². The number of hydrogen-bond donors (Lipinski definition) is 0. The lowest BCUT2D eigenvalue weighted by molar-refractivity contribution is -0.139. The first-order chi connectivity index (χ1) is 11.1. The van der Waals surface area contributed by atoms with Crippen LogP contribution < -0.4 is 0 Å². The third-order valence-electron chi connectivity index (χ3n) is 4.22. The van der Waals surface area contributed by atoms with Gasteiger partial charge in [0.15, 0.2) is 5.54 Å². The molecule has 0 amide bonds. The molecule has 1 unspecified atom stereocenters. The minimum Gasteiger partial charge on any atom is -0.405 e. The summed E-state index contributed by atoms with van der Waals surface area (Å²) in [4.78, 5) is 16.9. The minimum absolute atomic E-state index is 0.0728. The number of cyclic esters (lactones) is 1. The number of rotatable bonds is 4. The van der Waals surface area contributed by atoms with Gasteiger partial charge >= 0.3 is 5.97 Å². The molecule has 0 saturated heterocycles. The van der Waals surface area contributed by atoms with Gasteiger partial charge in [-0.2, -0.15) is 0 Å². The van der Waals surface area contributed by atoms with Crippen LogP contribution in [0, 0.1) is 5.92 Å². The highest BCUT2D eigenvalue weighted by Crippen LogP contribution is 2.31. The summed E-state index contributed by atoms with van der Waals surface area (Å²) in [5.74, 6) is 0.0241. The summed E-state index contributed by atoms with van der Waals surface area (Å²) in [5.41, 5.74) is 1.03. The molecular weight excluding hydrogens is 286 g/mol. The molecule has 0 radical (unpaired) electrons. The van der Waals surface area contributed by atoms with Gasteiger partial charge in [0.1, 0.15) is 0 Å². The first-order valence-electron chi connectivity index (χ1n) is 7.70. The monoisotopic (exact) mass is 305 g/mol. The van der Waals surface area contributed by atoms with Gasteiger partial charge in [0.25, 0.3) is 0 Å². The van der Waals surface area contributed by atoms with Crippen molar-refractivity contribution >= 4 is 17.9 Å². The van der Waals surface area contributed by atoms with Crippen molar-refractivity contribution in [1.82, 2.24) is 0 Å². The quantitative estimate of drug-likeness (QED) is 0.798. The number of nitrogens with zero attached hydrogens (tertiary/aromatic N) is 1. The second-order valence-corrected chi connectivity index (χ2v) is 5.88. The molecule has 0 spiro atoms. The van der Waals surface area contributed by atoms with Crippen LogP contribution in [0.3, 0.4) is 0 Å². The zero-order valence-electron chi connectivity index (χ0n) is 13.3. The molecule has 3 rings (SSSR count). The van der Waals surface area contributed by atoms with E-state index in [2.05, 4.69) is 4.99 Å². The van der Waals surface area contributed by atoms with Crippen LogP contribution >= 0.6 is 0 Å². The standard InChI is InChI=1S/C20H19NO2/c1-15(13-14-16-9-5-3-6-10-16)20(2)19(22)23-18(21-20)17-11-7-4-8-12-17/h3-15H,1-2H3/b14-13+/t15?,20-/m1/s1. The van der Waals surface area contributed by atoms with Crippen molar-refractivity contribution in [2.45, 2.75) is 19.4 Å². The molecular formula is C20H19NO2. The van der Waals surface area contributed by atoms with E-state index in [1.807, 2.05) is 86.7 Å². The van der Waals surface area contributed by atoms with Gasteiger partial charge in [-0.1, -0.05) is 67.6 Å². The SMILES string of the molecule is CC(/C=C/c1ccccc1)[C@@]1(C)N=C(c2ccccc2)OC1=O. The third kappa shape index (κ3) is 3.09. The molecule has 0 bridgehead atoms. The third-order valence-corrected chi connectivity index (χ3v) is 4.22. The smallest absolute Gasteiger partial charge is 0.341 e. The number of esters is 1. The molecule has 116 valence electrons. The van der Waals surface area contributed by atoms with E-state index in [1.54, 1.807) is 0 Å². The zero-order valence-corrected chi connectivity index (χ0v) is 13.3. The van der Waals surface area contributed by atoms with Crippen molar-refractivity contribution in [3.8, 4) is 0 Å². The Labute approximate surface area is 136 Å². The highest BCUT2D eigenvalue weighted by atomic mass is 16.6. The predicted molar refractivity (Wildman–Crippen MR) is 92.1 cm³/mol. The van der Waals surface area contributed by atoms with Crippen LogP contribution in [0.5, 0.6) is 0 Å². The van der Waals surface area contributed by atoms with E-state index in [0.717, 1.165) is 11.1 Å². The van der Waals surface area contributed by atoms with Gasteiger partial charge in [-0.3, -0.25) is 0 Å². The average molecular weight is 305 g/mol. The van der Waals surface area contributed by atoms with Crippen LogP contribution in [-0.2, 0) is 9.53 Å². The molecule has 0 fully saturated rings. The van der Waals surface area contributed by atoms with Crippen molar-refractivity contribution < 1.29 is 9.53 Å². The lowest BCUT2D eigenvalue weighted by atomic mass is 9.87. The summed E-state index contributed by atoms with van der Waals surface area (Å²) in [6, 6.07) is 19.5. The molecule has 0 aromatic heterocycles. The second-order valence-electron chi connectivity index (χ2n) is 5.88. The lowest BCUT2D eigenvalue weighted by Crippen LogP contribution is -2.36. The van der Waals surface area contributed by atoms with E-state index in [9.17, 15) is 4.79 Å². The lowest BCUT2D eigenvalue weighted by Gasteiger charge is -2.21. The van der Waals surface area contributed by atoms with E-state index in [-0.39, 0.29) is 11.9 Å². The van der Waals surface area contributed by atoms with Gasteiger partial charge in [0, 0.05) is 11.5 Å². The summed E-state index contributed by atoms with van der Waals surface area (Å²) in [6.45, 7) is 3.81. The molecule has 2 aromatic carbocycles. The molecule has 3 heteroatoms. The van der Waals surface area contributed by atoms with Crippen LogP contribution in [0.2, 0.25) is 0 Å². The van der Waals surface area contributed by atoms with E-state index in [4.69, 9.17) is 4.74 Å². The second kappa shape index (κ2) is 6.21. The van der Waals surface area contributed by atoms with E-state index < -0.39 is 5.54 Å². The topological polar surface area (TPSA) is 38.7 Å².